The number of rotatable bonds is 7. The number of carbonyl (C=O) groups excluding carboxylic acids is 1. The van der Waals surface area contributed by atoms with Gasteiger partial charge in [-0.05, 0) is 42.7 Å². The summed E-state index contributed by atoms with van der Waals surface area (Å²) in [4.78, 5) is 20.4. The highest BCUT2D eigenvalue weighted by molar-refractivity contribution is 5.95. The highest BCUT2D eigenvalue weighted by Crippen LogP contribution is 2.41. The average Bonchev–Trinajstić information content (AvgIpc) is 2.77. The van der Waals surface area contributed by atoms with E-state index in [1.165, 1.54) is 31.5 Å². The van der Waals surface area contributed by atoms with Crippen LogP contribution in [0.2, 0.25) is 0 Å². The number of aliphatic imine (C=N–C) groups is 1. The van der Waals surface area contributed by atoms with E-state index in [9.17, 15) is 22.4 Å². The van der Waals surface area contributed by atoms with Crippen molar-refractivity contribution >= 4 is 11.6 Å². The van der Waals surface area contributed by atoms with Crippen molar-refractivity contribution in [2.24, 2.45) is 10.7 Å². The van der Waals surface area contributed by atoms with Crippen LogP contribution in [0, 0.1) is 5.82 Å². The van der Waals surface area contributed by atoms with Crippen LogP contribution in [0.15, 0.2) is 41.5 Å². The SMILES string of the molecule is COc1ccc(C(=O)Cc2ccc(F)c([C@]3(CF)CC[C@@](F)(CF)C(N)=N3)c2)nc1. The maximum absolute atomic E-state index is 14.6. The van der Waals surface area contributed by atoms with Gasteiger partial charge in [0.2, 0.25) is 0 Å². The number of ether oxygens (including phenoxy) is 1. The van der Waals surface area contributed by atoms with Crippen LogP contribution in [0.4, 0.5) is 17.6 Å². The molecule has 1 aromatic carbocycles. The van der Waals surface area contributed by atoms with E-state index in [2.05, 4.69) is 9.98 Å². The molecule has 0 radical (unpaired) electrons. The molecule has 0 saturated carbocycles. The molecule has 0 bridgehead atoms. The average molecular weight is 423 g/mol. The summed E-state index contributed by atoms with van der Waals surface area (Å²) in [6, 6.07) is 6.88. The molecule has 9 heteroatoms. The van der Waals surface area contributed by atoms with Crippen molar-refractivity contribution in [3.8, 4) is 5.75 Å². The van der Waals surface area contributed by atoms with Gasteiger partial charge in [0.1, 0.15) is 42.0 Å². The fourth-order valence-electron chi connectivity index (χ4n) is 3.40. The Morgan fingerprint density at radius 2 is 1.97 bits per heavy atom. The molecule has 0 fully saturated rings. The molecule has 30 heavy (non-hydrogen) atoms. The van der Waals surface area contributed by atoms with Crippen LogP contribution in [0.25, 0.3) is 0 Å². The molecule has 0 amide bonds. The smallest absolute Gasteiger partial charge is 0.195 e. The third-order valence-corrected chi connectivity index (χ3v) is 5.32. The Morgan fingerprint density at radius 1 is 1.20 bits per heavy atom. The van der Waals surface area contributed by atoms with Gasteiger partial charge >= 0.3 is 0 Å². The normalized spacial score (nSPS) is 23.7. The van der Waals surface area contributed by atoms with Gasteiger partial charge in [-0.1, -0.05) is 6.07 Å². The third kappa shape index (κ3) is 4.01. The molecule has 160 valence electrons. The van der Waals surface area contributed by atoms with Gasteiger partial charge in [-0.2, -0.15) is 0 Å². The number of Topliss-reactive ketones (excluding diaryl/α,β-unsaturated/α-hetero) is 1. The zero-order valence-corrected chi connectivity index (χ0v) is 16.3. The van der Waals surface area contributed by atoms with Gasteiger partial charge in [-0.3, -0.25) is 9.79 Å². The summed E-state index contributed by atoms with van der Waals surface area (Å²) in [6.07, 6.45) is 0.584. The quantitative estimate of drug-likeness (QED) is 0.545. The largest absolute Gasteiger partial charge is 0.495 e. The molecule has 1 aliphatic rings. The number of hydrogen-bond acceptors (Lipinski definition) is 5. The summed E-state index contributed by atoms with van der Waals surface area (Å²) >= 11 is 0. The van der Waals surface area contributed by atoms with Gasteiger partial charge in [-0.15, -0.1) is 0 Å². The number of pyridine rings is 1. The molecule has 2 aromatic rings. The van der Waals surface area contributed by atoms with Gasteiger partial charge in [0.15, 0.2) is 11.5 Å². The van der Waals surface area contributed by atoms with Crippen molar-refractivity contribution in [2.75, 3.05) is 20.5 Å². The molecule has 0 unspecified atom stereocenters. The number of nitrogens with two attached hydrogens (primary N) is 1. The second-order valence-electron chi connectivity index (χ2n) is 7.26. The number of benzene rings is 1. The number of carbonyl (C=O) groups is 1. The molecule has 5 nitrogen and oxygen atoms in total. The molecule has 3 rings (SSSR count). The van der Waals surface area contributed by atoms with Crippen LogP contribution >= 0.6 is 0 Å². The van der Waals surface area contributed by atoms with Crippen molar-refractivity contribution in [2.45, 2.75) is 30.5 Å². The second-order valence-corrected chi connectivity index (χ2v) is 7.26. The Morgan fingerprint density at radius 3 is 2.53 bits per heavy atom. The first-order valence-electron chi connectivity index (χ1n) is 9.26. The number of alkyl halides is 3. The number of amidine groups is 1. The predicted octanol–water partition coefficient (Wildman–Crippen LogP) is 3.65. The van der Waals surface area contributed by atoms with Crippen LogP contribution in [0.5, 0.6) is 5.75 Å². The fourth-order valence-corrected chi connectivity index (χ4v) is 3.40. The van der Waals surface area contributed by atoms with Crippen LogP contribution in [0.1, 0.15) is 34.5 Å². The van der Waals surface area contributed by atoms with Gasteiger partial charge < -0.3 is 10.5 Å². The van der Waals surface area contributed by atoms with Gasteiger partial charge in [0.05, 0.1) is 13.3 Å². The number of methoxy groups -OCH3 is 1. The Balaban J connectivity index is 1.92. The first-order chi connectivity index (χ1) is 14.3. The maximum Gasteiger partial charge on any atom is 0.195 e. The highest BCUT2D eigenvalue weighted by atomic mass is 19.2. The van der Waals surface area contributed by atoms with E-state index in [4.69, 9.17) is 10.5 Å². The third-order valence-electron chi connectivity index (χ3n) is 5.32. The first kappa shape index (κ1) is 21.7. The Kier molecular flexibility index (Phi) is 6.09. The van der Waals surface area contributed by atoms with E-state index < -0.39 is 42.6 Å². The summed E-state index contributed by atoms with van der Waals surface area (Å²) in [6.45, 7) is -2.54. The highest BCUT2D eigenvalue weighted by Gasteiger charge is 2.47. The van der Waals surface area contributed by atoms with Crippen molar-refractivity contribution in [3.05, 3.63) is 59.2 Å². The number of aromatic nitrogens is 1. The van der Waals surface area contributed by atoms with Gasteiger partial charge in [0.25, 0.3) is 0 Å². The van der Waals surface area contributed by atoms with Crippen molar-refractivity contribution < 1.29 is 27.1 Å². The lowest BCUT2D eigenvalue weighted by atomic mass is 9.79. The van der Waals surface area contributed by atoms with E-state index >= 15 is 0 Å². The maximum atomic E-state index is 14.6. The predicted molar refractivity (Wildman–Crippen MR) is 104 cm³/mol. The molecular formula is C21H21F4N3O2. The van der Waals surface area contributed by atoms with E-state index in [-0.39, 0.29) is 29.9 Å². The van der Waals surface area contributed by atoms with E-state index in [0.29, 0.717) is 11.3 Å². The van der Waals surface area contributed by atoms with Gasteiger partial charge in [0, 0.05) is 12.0 Å². The van der Waals surface area contributed by atoms with Crippen LogP contribution in [-0.4, -0.2) is 42.7 Å². The molecule has 0 spiro atoms. The second kappa shape index (κ2) is 8.41. The molecule has 0 aliphatic carbocycles. The zero-order chi connectivity index (χ0) is 21.9. The van der Waals surface area contributed by atoms with E-state index in [1.54, 1.807) is 6.07 Å². The minimum absolute atomic E-state index is 0.119. The fraction of sp³-hybridized carbons (Fsp3) is 0.381. The lowest BCUT2D eigenvalue weighted by Gasteiger charge is -2.37. The van der Waals surface area contributed by atoms with Crippen molar-refractivity contribution in [1.29, 1.82) is 0 Å². The zero-order valence-electron chi connectivity index (χ0n) is 16.3. The number of nitrogens with zero attached hydrogens (tertiary/aromatic N) is 2. The molecular weight excluding hydrogens is 402 g/mol. The van der Waals surface area contributed by atoms with Crippen LogP contribution < -0.4 is 10.5 Å². The number of hydrogen-bond donors (Lipinski definition) is 1. The van der Waals surface area contributed by atoms with E-state index in [1.807, 2.05) is 0 Å². The summed E-state index contributed by atoms with van der Waals surface area (Å²) in [7, 11) is 1.47. The van der Waals surface area contributed by atoms with E-state index in [0.717, 1.165) is 6.07 Å². The summed E-state index contributed by atoms with van der Waals surface area (Å²) in [5.74, 6) is -1.31. The van der Waals surface area contributed by atoms with Crippen molar-refractivity contribution in [1.82, 2.24) is 4.98 Å². The summed E-state index contributed by atoms with van der Waals surface area (Å²) < 4.78 is 61.0. The topological polar surface area (TPSA) is 77.6 Å². The van der Waals surface area contributed by atoms with Gasteiger partial charge in [-0.25, -0.2) is 22.5 Å². The summed E-state index contributed by atoms with van der Waals surface area (Å²) in [5.41, 5.74) is 1.74. The van der Waals surface area contributed by atoms with Crippen LogP contribution in [0.3, 0.4) is 0 Å². The molecule has 0 saturated heterocycles. The lowest BCUT2D eigenvalue weighted by Crippen LogP contribution is -2.50. The monoisotopic (exact) mass is 423 g/mol. The molecule has 2 heterocycles. The number of halogens is 4. The van der Waals surface area contributed by atoms with Crippen molar-refractivity contribution in [3.63, 3.8) is 0 Å². The molecule has 1 aliphatic heterocycles. The Hall–Kier alpha value is -2.97. The van der Waals surface area contributed by atoms with Crippen LogP contribution in [-0.2, 0) is 12.0 Å². The molecule has 1 aromatic heterocycles. The standard InChI is InChI=1S/C21H21F4N3O2/c1-30-14-3-5-17(27-10-14)18(29)9-13-2-4-16(24)15(8-13)21(12-23)7-6-20(25,11-22)19(26)28-21/h2-5,8,10H,6-7,9,11-12H2,1H3,(H2,26,28)/t20-,21-/m1/s1. The minimum Gasteiger partial charge on any atom is -0.495 e. The first-order valence-corrected chi connectivity index (χ1v) is 9.26. The lowest BCUT2D eigenvalue weighted by molar-refractivity contribution is 0.0988. The summed E-state index contributed by atoms with van der Waals surface area (Å²) in [5, 5.41) is 0. The minimum atomic E-state index is -2.48. The number of ketones is 1. The Labute approximate surface area is 171 Å². The molecule has 2 N–H and O–H groups in total. The Bertz CT molecular complexity index is 967. The molecule has 2 atom stereocenters.